The van der Waals surface area contributed by atoms with E-state index in [9.17, 15) is 4.79 Å². The molecule has 0 saturated carbocycles. The number of hydrogen-bond donors (Lipinski definition) is 0. The third kappa shape index (κ3) is 2.80. The lowest BCUT2D eigenvalue weighted by Gasteiger charge is -2.34. The number of thiophene rings is 1. The number of fused-ring (bicyclic) bond motifs is 2. The largest absolute Gasteiger partial charge is 0.456 e. The van der Waals surface area contributed by atoms with E-state index in [0.717, 1.165) is 33.1 Å². The fraction of sp³-hybridized carbons (Fsp3) is 0.0909. The van der Waals surface area contributed by atoms with Crippen LogP contribution in [0.5, 0.6) is 11.5 Å². The summed E-state index contributed by atoms with van der Waals surface area (Å²) in [6.07, 6.45) is 1.92. The number of benzene rings is 2. The topological polar surface area (TPSA) is 29.5 Å². The Morgan fingerprint density at radius 1 is 1.07 bits per heavy atom. The lowest BCUT2D eigenvalue weighted by atomic mass is 9.92. The number of ether oxygens (including phenoxy) is 1. The number of hydrogen-bond acceptors (Lipinski definition) is 5. The minimum Gasteiger partial charge on any atom is -0.456 e. The van der Waals surface area contributed by atoms with E-state index in [1.807, 2.05) is 73.0 Å². The first-order chi connectivity index (χ1) is 13.6. The van der Waals surface area contributed by atoms with Crippen molar-refractivity contribution in [2.45, 2.75) is 13.0 Å². The summed E-state index contributed by atoms with van der Waals surface area (Å²) in [6, 6.07) is 17.6. The van der Waals surface area contributed by atoms with E-state index in [2.05, 4.69) is 0 Å². The van der Waals surface area contributed by atoms with Gasteiger partial charge in [-0.2, -0.15) is 0 Å². The molecule has 1 aromatic heterocycles. The van der Waals surface area contributed by atoms with Gasteiger partial charge in [-0.3, -0.25) is 9.69 Å². The van der Waals surface area contributed by atoms with Crippen molar-refractivity contribution in [2.75, 3.05) is 0 Å². The van der Waals surface area contributed by atoms with Crippen molar-refractivity contribution in [3.63, 3.8) is 0 Å². The van der Waals surface area contributed by atoms with E-state index in [1.165, 1.54) is 11.8 Å². The van der Waals surface area contributed by atoms with Crippen molar-refractivity contribution in [3.05, 3.63) is 86.5 Å². The SMILES string of the molecule is Cc1cccc2c1Oc1ccccc1[C@@H]2N1C(=O)/C(=C\c2cccs2)SC1=S. The van der Waals surface area contributed by atoms with E-state index < -0.39 is 0 Å². The average molecular weight is 422 g/mol. The van der Waals surface area contributed by atoms with Crippen LogP contribution in [0.1, 0.15) is 27.6 Å². The number of para-hydroxylation sites is 2. The minimum absolute atomic E-state index is 0.0578. The first kappa shape index (κ1) is 17.7. The van der Waals surface area contributed by atoms with Crippen LogP contribution in [0.4, 0.5) is 0 Å². The molecule has 3 nitrogen and oxygen atoms in total. The highest BCUT2D eigenvalue weighted by Gasteiger charge is 2.42. The smallest absolute Gasteiger partial charge is 0.267 e. The van der Waals surface area contributed by atoms with E-state index in [-0.39, 0.29) is 11.9 Å². The van der Waals surface area contributed by atoms with Gasteiger partial charge in [0.1, 0.15) is 15.8 Å². The van der Waals surface area contributed by atoms with Gasteiger partial charge in [0, 0.05) is 16.0 Å². The first-order valence-corrected chi connectivity index (χ1v) is 10.9. The molecule has 0 radical (unpaired) electrons. The van der Waals surface area contributed by atoms with Crippen LogP contribution >= 0.6 is 35.3 Å². The highest BCUT2D eigenvalue weighted by molar-refractivity contribution is 8.26. The summed E-state index contributed by atoms with van der Waals surface area (Å²) in [7, 11) is 0. The van der Waals surface area contributed by atoms with Crippen molar-refractivity contribution in [3.8, 4) is 11.5 Å². The van der Waals surface area contributed by atoms with Crippen LogP contribution in [-0.2, 0) is 4.79 Å². The third-order valence-corrected chi connectivity index (χ3v) is 7.01. The molecule has 1 atom stereocenters. The van der Waals surface area contributed by atoms with E-state index in [1.54, 1.807) is 16.2 Å². The molecule has 0 bridgehead atoms. The number of nitrogens with zero attached hydrogens (tertiary/aromatic N) is 1. The fourth-order valence-corrected chi connectivity index (χ4v) is 5.63. The van der Waals surface area contributed by atoms with Gasteiger partial charge in [0.05, 0.1) is 10.9 Å². The summed E-state index contributed by atoms with van der Waals surface area (Å²) in [5, 5.41) is 2.00. The molecule has 1 fully saturated rings. The molecule has 6 heteroatoms. The molecule has 1 saturated heterocycles. The normalized spacial score (nSPS) is 19.5. The molecule has 138 valence electrons. The van der Waals surface area contributed by atoms with Gasteiger partial charge in [0.25, 0.3) is 5.91 Å². The summed E-state index contributed by atoms with van der Waals surface area (Å²) < 4.78 is 6.75. The average Bonchev–Trinajstić information content (AvgIpc) is 3.30. The fourth-order valence-electron chi connectivity index (χ4n) is 3.59. The molecule has 3 heterocycles. The zero-order valence-corrected chi connectivity index (χ0v) is 17.4. The second-order valence-electron chi connectivity index (χ2n) is 6.60. The molecule has 5 rings (SSSR count). The van der Waals surface area contributed by atoms with Gasteiger partial charge in [-0.25, -0.2) is 0 Å². The second kappa shape index (κ2) is 6.88. The molecule has 28 heavy (non-hydrogen) atoms. The summed E-state index contributed by atoms with van der Waals surface area (Å²) in [5.41, 5.74) is 2.96. The van der Waals surface area contributed by atoms with E-state index in [4.69, 9.17) is 17.0 Å². The number of amides is 1. The van der Waals surface area contributed by atoms with Crippen LogP contribution in [-0.4, -0.2) is 15.1 Å². The Kier molecular flexibility index (Phi) is 4.34. The quantitative estimate of drug-likeness (QED) is 0.366. The molecule has 0 unspecified atom stereocenters. The van der Waals surface area contributed by atoms with Crippen molar-refractivity contribution in [2.24, 2.45) is 0 Å². The van der Waals surface area contributed by atoms with Crippen LogP contribution in [0, 0.1) is 6.92 Å². The Balaban J connectivity index is 1.64. The van der Waals surface area contributed by atoms with Gasteiger partial charge in [-0.15, -0.1) is 11.3 Å². The zero-order chi connectivity index (χ0) is 19.3. The number of thiocarbonyl (C=S) groups is 1. The highest BCUT2D eigenvalue weighted by Crippen LogP contribution is 2.50. The van der Waals surface area contributed by atoms with Crippen LogP contribution in [0.3, 0.4) is 0 Å². The third-order valence-electron chi connectivity index (χ3n) is 4.86. The Hall–Kier alpha value is -2.41. The zero-order valence-electron chi connectivity index (χ0n) is 14.9. The Bertz CT molecular complexity index is 1130. The maximum atomic E-state index is 13.4. The van der Waals surface area contributed by atoms with Crippen molar-refractivity contribution in [1.29, 1.82) is 0 Å². The molecule has 2 aliphatic rings. The first-order valence-electron chi connectivity index (χ1n) is 8.80. The van der Waals surface area contributed by atoms with Crippen molar-refractivity contribution < 1.29 is 9.53 Å². The van der Waals surface area contributed by atoms with Gasteiger partial charge in [-0.05, 0) is 36.1 Å². The number of carbonyl (C=O) groups excluding carboxylic acids is 1. The molecule has 2 aromatic carbocycles. The molecule has 0 aliphatic carbocycles. The number of carbonyl (C=O) groups is 1. The second-order valence-corrected chi connectivity index (χ2v) is 9.26. The molecule has 0 spiro atoms. The van der Waals surface area contributed by atoms with Crippen LogP contribution in [0.25, 0.3) is 6.08 Å². The standard InChI is InChI=1S/C22H15NO2S3/c1-13-6-4-9-16-19(15-8-2-3-10-17(15)25-20(13)16)23-21(24)18(28-22(23)26)12-14-7-5-11-27-14/h2-12,19H,1H3/b18-12+/t19-/m0/s1. The van der Waals surface area contributed by atoms with Gasteiger partial charge >= 0.3 is 0 Å². The Labute approximate surface area is 176 Å². The summed E-state index contributed by atoms with van der Waals surface area (Å²) in [4.78, 5) is 16.8. The van der Waals surface area contributed by atoms with Gasteiger partial charge in [0.15, 0.2) is 0 Å². The van der Waals surface area contributed by atoms with E-state index in [0.29, 0.717) is 9.23 Å². The van der Waals surface area contributed by atoms with Crippen LogP contribution in [0.2, 0.25) is 0 Å². The predicted molar refractivity (Wildman–Crippen MR) is 119 cm³/mol. The lowest BCUT2D eigenvalue weighted by molar-refractivity contribution is -0.123. The molecular weight excluding hydrogens is 406 g/mol. The highest BCUT2D eigenvalue weighted by atomic mass is 32.2. The molecule has 0 N–H and O–H groups in total. The van der Waals surface area contributed by atoms with Crippen molar-refractivity contribution >= 4 is 51.6 Å². The number of aryl methyl sites for hydroxylation is 1. The molecule has 1 amide bonds. The molecule has 2 aliphatic heterocycles. The lowest BCUT2D eigenvalue weighted by Crippen LogP contribution is -2.35. The maximum Gasteiger partial charge on any atom is 0.267 e. The molecular formula is C22H15NO2S3. The Morgan fingerprint density at radius 3 is 2.71 bits per heavy atom. The minimum atomic E-state index is -0.290. The summed E-state index contributed by atoms with van der Waals surface area (Å²) in [6.45, 7) is 2.02. The monoisotopic (exact) mass is 421 g/mol. The predicted octanol–water partition coefficient (Wildman–Crippen LogP) is 6.15. The van der Waals surface area contributed by atoms with Crippen LogP contribution in [0.15, 0.2) is 64.9 Å². The van der Waals surface area contributed by atoms with Crippen LogP contribution < -0.4 is 4.74 Å². The van der Waals surface area contributed by atoms with Crippen molar-refractivity contribution in [1.82, 2.24) is 4.90 Å². The number of thioether (sulfide) groups is 1. The molecule has 3 aromatic rings. The van der Waals surface area contributed by atoms with Gasteiger partial charge in [0.2, 0.25) is 0 Å². The maximum absolute atomic E-state index is 13.4. The van der Waals surface area contributed by atoms with Gasteiger partial charge < -0.3 is 4.74 Å². The Morgan fingerprint density at radius 2 is 1.89 bits per heavy atom. The number of rotatable bonds is 2. The summed E-state index contributed by atoms with van der Waals surface area (Å²) in [5.74, 6) is 1.52. The summed E-state index contributed by atoms with van der Waals surface area (Å²) >= 11 is 8.62. The van der Waals surface area contributed by atoms with Gasteiger partial charge in [-0.1, -0.05) is 66.4 Å². The van der Waals surface area contributed by atoms with E-state index >= 15 is 0 Å².